The molecule has 0 aliphatic heterocycles. The highest BCUT2D eigenvalue weighted by atomic mass is 32.2. The van der Waals surface area contributed by atoms with Crippen molar-refractivity contribution in [1.29, 1.82) is 0 Å². The Hall–Kier alpha value is -1.57. The van der Waals surface area contributed by atoms with Crippen LogP contribution in [0.3, 0.4) is 0 Å². The van der Waals surface area contributed by atoms with Gasteiger partial charge < -0.3 is 0 Å². The highest BCUT2D eigenvalue weighted by molar-refractivity contribution is 7.89. The van der Waals surface area contributed by atoms with Crippen molar-refractivity contribution in [3.8, 4) is 0 Å². The molecule has 0 unspecified atom stereocenters. The number of hydrogen-bond donors (Lipinski definition) is 1. The average molecular weight is 341 g/mol. The Morgan fingerprint density at radius 2 is 1.77 bits per heavy atom. The maximum Gasteiger partial charge on any atom is 0.240 e. The predicted molar refractivity (Wildman–Crippen MR) is 84.0 cm³/mol. The van der Waals surface area contributed by atoms with E-state index in [1.165, 1.54) is 25.1 Å². The lowest BCUT2D eigenvalue weighted by Crippen LogP contribution is -2.28. The van der Waals surface area contributed by atoms with Gasteiger partial charge in [-0.3, -0.25) is 4.21 Å². The lowest BCUT2D eigenvalue weighted by molar-refractivity contribution is 0.576. The first-order chi connectivity index (χ1) is 10.4. The summed E-state index contributed by atoms with van der Waals surface area (Å²) < 4.78 is 52.1. The molecule has 0 fully saturated rings. The fraction of sp³-hybridized carbons (Fsp3) is 0.200. The number of halogens is 1. The van der Waals surface area contributed by atoms with Crippen LogP contribution in [0.15, 0.2) is 58.3 Å². The molecule has 0 bridgehead atoms. The summed E-state index contributed by atoms with van der Waals surface area (Å²) in [7, 11) is -5.10. The van der Waals surface area contributed by atoms with E-state index >= 15 is 0 Å². The second kappa shape index (κ2) is 7.13. The third-order valence-corrected chi connectivity index (χ3v) is 6.07. The molecular formula is C15H16FNO3S2. The maximum absolute atomic E-state index is 13.4. The van der Waals surface area contributed by atoms with Gasteiger partial charge in [0, 0.05) is 22.8 Å². The summed E-state index contributed by atoms with van der Waals surface area (Å²) in [6.07, 6.45) is 0. The topological polar surface area (TPSA) is 63.2 Å². The van der Waals surface area contributed by atoms with Crippen molar-refractivity contribution >= 4 is 20.8 Å². The van der Waals surface area contributed by atoms with E-state index in [1.807, 2.05) is 6.07 Å². The fourth-order valence-electron chi connectivity index (χ4n) is 1.92. The zero-order chi connectivity index (χ0) is 16.2. The first-order valence-corrected chi connectivity index (χ1v) is 9.40. The zero-order valence-corrected chi connectivity index (χ0v) is 13.6. The largest absolute Gasteiger partial charge is 0.254 e. The molecule has 118 valence electrons. The van der Waals surface area contributed by atoms with Gasteiger partial charge in [-0.05, 0) is 31.2 Å². The molecule has 1 atom stereocenters. The van der Waals surface area contributed by atoms with Gasteiger partial charge in [0.15, 0.2) is 0 Å². The normalized spacial score (nSPS) is 13.0. The first kappa shape index (κ1) is 16.8. The molecule has 1 N–H and O–H groups in total. The van der Waals surface area contributed by atoms with Crippen LogP contribution >= 0.6 is 0 Å². The monoisotopic (exact) mass is 341 g/mol. The highest BCUT2D eigenvalue weighted by Gasteiger charge is 2.18. The van der Waals surface area contributed by atoms with Crippen molar-refractivity contribution in [2.24, 2.45) is 0 Å². The van der Waals surface area contributed by atoms with Gasteiger partial charge in [0.25, 0.3) is 0 Å². The Morgan fingerprint density at radius 3 is 2.45 bits per heavy atom. The summed E-state index contributed by atoms with van der Waals surface area (Å²) >= 11 is 0. The van der Waals surface area contributed by atoms with Crippen molar-refractivity contribution in [1.82, 2.24) is 4.72 Å². The van der Waals surface area contributed by atoms with Crippen molar-refractivity contribution in [3.63, 3.8) is 0 Å². The molecule has 0 radical (unpaired) electrons. The third-order valence-electron chi connectivity index (χ3n) is 3.09. The van der Waals surface area contributed by atoms with Gasteiger partial charge in [-0.15, -0.1) is 0 Å². The van der Waals surface area contributed by atoms with E-state index in [9.17, 15) is 17.0 Å². The van der Waals surface area contributed by atoms with Gasteiger partial charge in [-0.2, -0.15) is 0 Å². The molecule has 0 saturated carbocycles. The Labute approximate surface area is 131 Å². The molecule has 0 saturated heterocycles. The summed E-state index contributed by atoms with van der Waals surface area (Å²) in [4.78, 5) is 0.543. The Bertz CT molecular complexity index is 777. The quantitative estimate of drug-likeness (QED) is 0.876. The van der Waals surface area contributed by atoms with Crippen LogP contribution in [0.1, 0.15) is 5.56 Å². The minimum absolute atomic E-state index is 0.0137. The van der Waals surface area contributed by atoms with Gasteiger partial charge in [0.1, 0.15) is 5.82 Å². The molecule has 2 aromatic carbocycles. The molecule has 4 nitrogen and oxygen atoms in total. The van der Waals surface area contributed by atoms with Crippen LogP contribution in [-0.2, 0) is 20.8 Å². The third kappa shape index (κ3) is 4.00. The summed E-state index contributed by atoms with van der Waals surface area (Å²) in [5.41, 5.74) is 0.0687. The van der Waals surface area contributed by atoms with E-state index in [4.69, 9.17) is 0 Å². The summed E-state index contributed by atoms with van der Waals surface area (Å²) in [6, 6.07) is 12.7. The highest BCUT2D eigenvalue weighted by Crippen LogP contribution is 2.17. The van der Waals surface area contributed by atoms with Crippen molar-refractivity contribution < 1.29 is 17.0 Å². The first-order valence-electron chi connectivity index (χ1n) is 6.60. The number of sulfonamides is 1. The molecule has 0 heterocycles. The Balaban J connectivity index is 2.02. The van der Waals surface area contributed by atoms with Gasteiger partial charge in [-0.1, -0.05) is 24.3 Å². The molecule has 0 aromatic heterocycles. The van der Waals surface area contributed by atoms with Gasteiger partial charge in [-0.25, -0.2) is 17.5 Å². The van der Waals surface area contributed by atoms with Crippen LogP contribution in [0.4, 0.5) is 4.39 Å². The van der Waals surface area contributed by atoms with E-state index < -0.39 is 26.6 Å². The van der Waals surface area contributed by atoms with Crippen molar-refractivity contribution in [2.45, 2.75) is 16.7 Å². The molecular weight excluding hydrogens is 325 g/mol. The van der Waals surface area contributed by atoms with E-state index in [2.05, 4.69) is 4.72 Å². The number of nitrogens with one attached hydrogen (secondary N) is 1. The minimum atomic E-state index is -3.82. The molecule has 0 aliphatic rings. The second-order valence-electron chi connectivity index (χ2n) is 4.62. The van der Waals surface area contributed by atoms with Gasteiger partial charge in [0.2, 0.25) is 10.0 Å². The molecule has 7 heteroatoms. The molecule has 0 spiro atoms. The Morgan fingerprint density at radius 1 is 1.09 bits per heavy atom. The molecule has 22 heavy (non-hydrogen) atoms. The van der Waals surface area contributed by atoms with Crippen molar-refractivity contribution in [2.75, 3.05) is 12.3 Å². The van der Waals surface area contributed by atoms with E-state index in [0.29, 0.717) is 4.90 Å². The lowest BCUT2D eigenvalue weighted by Gasteiger charge is -2.09. The minimum Gasteiger partial charge on any atom is -0.254 e. The summed E-state index contributed by atoms with van der Waals surface area (Å²) in [5.74, 6) is -0.423. The second-order valence-corrected chi connectivity index (χ2v) is 7.93. The molecule has 0 aliphatic carbocycles. The molecule has 2 aromatic rings. The zero-order valence-electron chi connectivity index (χ0n) is 12.0. The summed E-state index contributed by atoms with van der Waals surface area (Å²) in [6.45, 7) is 1.42. The Kier molecular flexibility index (Phi) is 5.44. The van der Waals surface area contributed by atoms with Crippen LogP contribution in [0, 0.1) is 12.7 Å². The SMILES string of the molecule is Cc1c(F)cccc1S(=O)(=O)NCC[S@@](=O)c1ccccc1. The van der Waals surface area contributed by atoms with Crippen LogP contribution in [0.5, 0.6) is 0 Å². The predicted octanol–water partition coefficient (Wildman–Crippen LogP) is 2.22. The maximum atomic E-state index is 13.4. The van der Waals surface area contributed by atoms with Crippen LogP contribution < -0.4 is 4.72 Å². The molecule has 2 rings (SSSR count). The number of rotatable bonds is 6. The van der Waals surface area contributed by atoms with Crippen LogP contribution in [0.25, 0.3) is 0 Å². The van der Waals surface area contributed by atoms with E-state index in [1.54, 1.807) is 24.3 Å². The number of hydrogen-bond acceptors (Lipinski definition) is 3. The average Bonchev–Trinajstić information content (AvgIpc) is 2.50. The smallest absolute Gasteiger partial charge is 0.240 e. The van der Waals surface area contributed by atoms with Crippen molar-refractivity contribution in [3.05, 3.63) is 59.9 Å². The van der Waals surface area contributed by atoms with E-state index in [-0.39, 0.29) is 22.8 Å². The standard InChI is InChI=1S/C15H16FNO3S2/c1-12-14(16)8-5-9-15(12)22(19,20)17-10-11-21(18)13-6-3-2-4-7-13/h2-9,17H,10-11H2,1H3/t21-/m1/s1. The van der Waals surface area contributed by atoms with E-state index in [0.717, 1.165) is 0 Å². The lowest BCUT2D eigenvalue weighted by atomic mass is 10.2. The summed E-state index contributed by atoms with van der Waals surface area (Å²) in [5, 5.41) is 0. The van der Waals surface area contributed by atoms with Gasteiger partial charge in [0.05, 0.1) is 15.7 Å². The fourth-order valence-corrected chi connectivity index (χ4v) is 4.31. The van der Waals surface area contributed by atoms with Crippen LogP contribution in [0.2, 0.25) is 0 Å². The van der Waals surface area contributed by atoms with Gasteiger partial charge >= 0.3 is 0 Å². The van der Waals surface area contributed by atoms with Crippen LogP contribution in [-0.4, -0.2) is 24.9 Å². The molecule has 0 amide bonds. The number of benzene rings is 2.